The van der Waals surface area contributed by atoms with Gasteiger partial charge in [0.25, 0.3) is 17.7 Å². The van der Waals surface area contributed by atoms with Gasteiger partial charge in [0.1, 0.15) is 22.0 Å². The fraction of sp³-hybridized carbons (Fsp3) is 0.0476. The number of para-hydroxylation sites is 1. The van der Waals surface area contributed by atoms with E-state index in [1.807, 2.05) is 42.5 Å². The molecule has 0 saturated heterocycles. The summed E-state index contributed by atoms with van der Waals surface area (Å²) in [4.78, 5) is 59.0. The van der Waals surface area contributed by atoms with E-state index in [1.165, 1.54) is 17.8 Å². The van der Waals surface area contributed by atoms with Crippen LogP contribution in [0.3, 0.4) is 0 Å². The number of anilines is 3. The van der Waals surface area contributed by atoms with E-state index >= 15 is 0 Å². The number of thiophene rings is 1. The zero-order valence-electron chi connectivity index (χ0n) is 28.8. The average Bonchev–Trinajstić information content (AvgIpc) is 3.52. The number of nitrogens with one attached hydrogen (secondary N) is 4. The molecule has 0 spiro atoms. The van der Waals surface area contributed by atoms with Crippen molar-refractivity contribution >= 4 is 69.2 Å². The van der Waals surface area contributed by atoms with Gasteiger partial charge in [-0.1, -0.05) is 78.9 Å². The van der Waals surface area contributed by atoms with E-state index in [9.17, 15) is 24.4 Å². The van der Waals surface area contributed by atoms with Gasteiger partial charge in [-0.2, -0.15) is 5.26 Å². The molecule has 12 heteroatoms. The zero-order valence-corrected chi connectivity index (χ0v) is 30.4. The molecule has 2 heterocycles. The Kier molecular flexibility index (Phi) is 12.1. The number of hydrogen-bond acceptors (Lipinski definition) is 8. The van der Waals surface area contributed by atoms with Crippen LogP contribution in [0.1, 0.15) is 47.5 Å². The first kappa shape index (κ1) is 37.0. The number of benzene rings is 4. The summed E-state index contributed by atoms with van der Waals surface area (Å²) in [6, 6.07) is 39.3. The summed E-state index contributed by atoms with van der Waals surface area (Å²) in [6.07, 6.45) is 4.72. The Morgan fingerprint density at radius 3 is 2.15 bits per heavy atom. The SMILES string of the molecule is Cc1c(C(=O)Nc2ccccc2)sc(NC(=O)C(Sc2cccc(NC(=O)/C(=C/c3cccnc3)NC(=O)c3ccccc3)c2)c2ccccc2)c1C#N. The maximum absolute atomic E-state index is 14.1. The number of hydrogen-bond donors (Lipinski definition) is 4. The first-order chi connectivity index (χ1) is 26.3. The normalized spacial score (nSPS) is 11.4. The molecule has 0 radical (unpaired) electrons. The van der Waals surface area contributed by atoms with Crippen LogP contribution in [0.4, 0.5) is 16.4 Å². The largest absolute Gasteiger partial charge is 0.321 e. The molecule has 4 N–H and O–H groups in total. The van der Waals surface area contributed by atoms with Gasteiger partial charge in [-0.15, -0.1) is 23.1 Å². The maximum atomic E-state index is 14.1. The first-order valence-electron chi connectivity index (χ1n) is 16.6. The highest BCUT2D eigenvalue weighted by Crippen LogP contribution is 2.39. The molecule has 0 aliphatic rings. The predicted octanol–water partition coefficient (Wildman–Crippen LogP) is 8.46. The Balaban J connectivity index is 1.22. The second-order valence-electron chi connectivity index (χ2n) is 11.7. The Labute approximate surface area is 320 Å². The van der Waals surface area contributed by atoms with Crippen molar-refractivity contribution in [2.24, 2.45) is 0 Å². The van der Waals surface area contributed by atoms with Gasteiger partial charge < -0.3 is 21.3 Å². The Bertz CT molecular complexity index is 2360. The van der Waals surface area contributed by atoms with Crippen LogP contribution in [-0.2, 0) is 9.59 Å². The summed E-state index contributed by atoms with van der Waals surface area (Å²) in [6.45, 7) is 1.68. The van der Waals surface area contributed by atoms with Crippen LogP contribution in [-0.4, -0.2) is 28.6 Å². The summed E-state index contributed by atoms with van der Waals surface area (Å²) < 4.78 is 0. The number of aromatic nitrogens is 1. The van der Waals surface area contributed by atoms with Crippen molar-refractivity contribution in [2.75, 3.05) is 16.0 Å². The van der Waals surface area contributed by atoms with Crippen molar-refractivity contribution in [3.05, 3.63) is 178 Å². The number of nitriles is 1. The van der Waals surface area contributed by atoms with E-state index in [2.05, 4.69) is 32.3 Å². The average molecular weight is 749 g/mol. The molecule has 266 valence electrons. The number of carbonyl (C=O) groups is 4. The van der Waals surface area contributed by atoms with Crippen molar-refractivity contribution in [1.29, 1.82) is 5.26 Å². The molecule has 4 amide bonds. The van der Waals surface area contributed by atoms with Crippen LogP contribution >= 0.6 is 23.1 Å². The Morgan fingerprint density at radius 2 is 1.46 bits per heavy atom. The molecule has 6 aromatic rings. The van der Waals surface area contributed by atoms with Gasteiger partial charge in [0.15, 0.2) is 0 Å². The molecular weight excluding hydrogens is 717 g/mol. The fourth-order valence-electron chi connectivity index (χ4n) is 5.29. The van der Waals surface area contributed by atoms with E-state index in [0.717, 1.165) is 11.3 Å². The lowest BCUT2D eigenvalue weighted by atomic mass is 10.1. The van der Waals surface area contributed by atoms with Gasteiger partial charge in [-0.05, 0) is 78.2 Å². The molecule has 10 nitrogen and oxygen atoms in total. The highest BCUT2D eigenvalue weighted by Gasteiger charge is 2.27. The summed E-state index contributed by atoms with van der Waals surface area (Å²) >= 11 is 2.29. The summed E-state index contributed by atoms with van der Waals surface area (Å²) in [7, 11) is 0. The van der Waals surface area contributed by atoms with Crippen LogP contribution < -0.4 is 21.3 Å². The van der Waals surface area contributed by atoms with E-state index < -0.39 is 23.0 Å². The van der Waals surface area contributed by atoms with Gasteiger partial charge in [-0.25, -0.2) is 0 Å². The third-order valence-electron chi connectivity index (χ3n) is 7.94. The number of amides is 4. The molecule has 2 aromatic heterocycles. The molecule has 0 bridgehead atoms. The first-order valence-corrected chi connectivity index (χ1v) is 18.3. The van der Waals surface area contributed by atoms with Crippen molar-refractivity contribution in [3.8, 4) is 6.07 Å². The Morgan fingerprint density at radius 1 is 0.778 bits per heavy atom. The molecule has 4 aromatic carbocycles. The van der Waals surface area contributed by atoms with Gasteiger partial charge in [0.05, 0.1) is 10.4 Å². The Hall–Kier alpha value is -6.81. The van der Waals surface area contributed by atoms with Gasteiger partial charge in [-0.3, -0.25) is 24.2 Å². The minimum atomic E-state index is -0.779. The highest BCUT2D eigenvalue weighted by molar-refractivity contribution is 8.00. The molecule has 0 saturated carbocycles. The predicted molar refractivity (Wildman–Crippen MR) is 213 cm³/mol. The van der Waals surface area contributed by atoms with E-state index in [0.29, 0.717) is 43.4 Å². The number of rotatable bonds is 12. The molecule has 54 heavy (non-hydrogen) atoms. The molecule has 0 aliphatic heterocycles. The lowest BCUT2D eigenvalue weighted by Crippen LogP contribution is -2.30. The van der Waals surface area contributed by atoms with Crippen molar-refractivity contribution in [1.82, 2.24) is 10.3 Å². The monoisotopic (exact) mass is 748 g/mol. The standard InChI is InChI=1S/C42H32N6O4S2/c1-27-34(25-43)42(54-36(27)40(51)45-31-18-9-4-10-19-31)48-41(52)37(29-14-5-2-6-15-29)53-33-21-11-20-32(24-33)46-39(50)35(23-28-13-12-22-44-26-28)47-38(49)30-16-7-3-8-17-30/h2-24,26,37H,1H3,(H,45,51)(H,46,50)(H,47,49)(H,48,52)/b35-23-. The van der Waals surface area contributed by atoms with Crippen molar-refractivity contribution in [2.45, 2.75) is 17.1 Å². The van der Waals surface area contributed by atoms with Crippen LogP contribution in [0.2, 0.25) is 0 Å². The fourth-order valence-corrected chi connectivity index (χ4v) is 7.43. The highest BCUT2D eigenvalue weighted by atomic mass is 32.2. The number of pyridine rings is 1. The third-order valence-corrected chi connectivity index (χ3v) is 10.4. The smallest absolute Gasteiger partial charge is 0.272 e. The summed E-state index contributed by atoms with van der Waals surface area (Å²) in [5.41, 5.74) is 3.42. The second-order valence-corrected chi connectivity index (χ2v) is 13.9. The van der Waals surface area contributed by atoms with Crippen LogP contribution in [0.15, 0.2) is 150 Å². The van der Waals surface area contributed by atoms with Gasteiger partial charge in [0, 0.05) is 34.2 Å². The lowest BCUT2D eigenvalue weighted by Gasteiger charge is -2.17. The third kappa shape index (κ3) is 9.34. The number of nitrogens with zero attached hydrogens (tertiary/aromatic N) is 2. The summed E-state index contributed by atoms with van der Waals surface area (Å²) in [5, 5.41) is 20.8. The van der Waals surface area contributed by atoms with Crippen LogP contribution in [0.5, 0.6) is 0 Å². The minimum absolute atomic E-state index is 0.00723. The number of carbonyl (C=O) groups excluding carboxylic acids is 4. The van der Waals surface area contributed by atoms with Gasteiger partial charge in [0.2, 0.25) is 5.91 Å². The van der Waals surface area contributed by atoms with Crippen molar-refractivity contribution in [3.63, 3.8) is 0 Å². The second kappa shape index (κ2) is 17.6. The van der Waals surface area contributed by atoms with E-state index in [-0.39, 0.29) is 22.2 Å². The topological polar surface area (TPSA) is 153 Å². The molecule has 0 fully saturated rings. The molecule has 0 aliphatic carbocycles. The van der Waals surface area contributed by atoms with Crippen molar-refractivity contribution < 1.29 is 19.2 Å². The van der Waals surface area contributed by atoms with E-state index in [1.54, 1.807) is 104 Å². The molecular formula is C42H32N6O4S2. The van der Waals surface area contributed by atoms with Crippen LogP contribution in [0.25, 0.3) is 6.08 Å². The lowest BCUT2D eigenvalue weighted by molar-refractivity contribution is -0.116. The maximum Gasteiger partial charge on any atom is 0.272 e. The van der Waals surface area contributed by atoms with Crippen LogP contribution in [0, 0.1) is 18.3 Å². The summed E-state index contributed by atoms with van der Waals surface area (Å²) in [5.74, 6) is -1.80. The molecule has 1 atom stereocenters. The van der Waals surface area contributed by atoms with E-state index in [4.69, 9.17) is 0 Å². The number of thioether (sulfide) groups is 1. The quantitative estimate of drug-likeness (QED) is 0.0724. The molecule has 6 rings (SSSR count). The minimum Gasteiger partial charge on any atom is -0.321 e. The van der Waals surface area contributed by atoms with Gasteiger partial charge >= 0.3 is 0 Å². The molecule has 1 unspecified atom stereocenters. The zero-order chi connectivity index (χ0) is 37.9.